The maximum Gasteiger partial charge on any atom is 0.115 e. The minimum atomic E-state index is 0.349. The Morgan fingerprint density at radius 3 is 2.50 bits per heavy atom. The Bertz CT molecular complexity index is 187. The summed E-state index contributed by atoms with van der Waals surface area (Å²) < 4.78 is 0. The van der Waals surface area contributed by atoms with Gasteiger partial charge < -0.3 is 5.73 Å². The molecule has 0 aromatic heterocycles. The fourth-order valence-electron chi connectivity index (χ4n) is 0.725. The van der Waals surface area contributed by atoms with Crippen molar-refractivity contribution in [1.29, 1.82) is 0 Å². The Morgan fingerprint density at radius 2 is 2.10 bits per heavy atom. The van der Waals surface area contributed by atoms with E-state index in [1.807, 2.05) is 0 Å². The van der Waals surface area contributed by atoms with Gasteiger partial charge in [-0.15, -0.1) is 0 Å². The van der Waals surface area contributed by atoms with Gasteiger partial charge in [0.1, 0.15) is 5.82 Å². The maximum atomic E-state index is 5.23. The Labute approximate surface area is 61.1 Å². The molecule has 0 unspecified atom stereocenters. The maximum absolute atomic E-state index is 5.23. The smallest absolute Gasteiger partial charge is 0.115 e. The largest absolute Gasteiger partial charge is 0.384 e. The van der Waals surface area contributed by atoms with Gasteiger partial charge in [-0.2, -0.15) is 0 Å². The standard InChI is InChI=1S/C8H12N2/c1-6(8-3-4-8)5-10-7(2)9/h5,8H,1-4,9H2. The topological polar surface area (TPSA) is 38.4 Å². The van der Waals surface area contributed by atoms with E-state index in [2.05, 4.69) is 18.2 Å². The van der Waals surface area contributed by atoms with Gasteiger partial charge in [-0.05, 0) is 24.3 Å². The van der Waals surface area contributed by atoms with E-state index in [4.69, 9.17) is 5.73 Å². The van der Waals surface area contributed by atoms with Crippen molar-refractivity contribution in [3.8, 4) is 0 Å². The first kappa shape index (κ1) is 7.06. The van der Waals surface area contributed by atoms with Crippen molar-refractivity contribution in [2.24, 2.45) is 16.6 Å². The number of nitrogens with zero attached hydrogens (tertiary/aromatic N) is 1. The van der Waals surface area contributed by atoms with Crippen LogP contribution in [-0.2, 0) is 0 Å². The number of rotatable bonds is 3. The van der Waals surface area contributed by atoms with Crippen molar-refractivity contribution in [2.45, 2.75) is 12.8 Å². The van der Waals surface area contributed by atoms with Crippen LogP contribution in [0.3, 0.4) is 0 Å². The molecule has 0 saturated heterocycles. The van der Waals surface area contributed by atoms with E-state index in [9.17, 15) is 0 Å². The van der Waals surface area contributed by atoms with E-state index in [0.29, 0.717) is 11.7 Å². The van der Waals surface area contributed by atoms with E-state index < -0.39 is 0 Å². The van der Waals surface area contributed by atoms with Crippen LogP contribution in [0.25, 0.3) is 0 Å². The lowest BCUT2D eigenvalue weighted by Gasteiger charge is -1.91. The number of hydrogen-bond donors (Lipinski definition) is 1. The molecule has 1 saturated carbocycles. The van der Waals surface area contributed by atoms with Crippen LogP contribution in [0.4, 0.5) is 0 Å². The highest BCUT2D eigenvalue weighted by molar-refractivity contribution is 5.79. The van der Waals surface area contributed by atoms with Gasteiger partial charge in [-0.1, -0.05) is 13.2 Å². The third kappa shape index (κ3) is 2.05. The first-order valence-electron chi connectivity index (χ1n) is 3.37. The number of allylic oxidation sites excluding steroid dienone is 1. The van der Waals surface area contributed by atoms with Crippen molar-refractivity contribution in [3.05, 3.63) is 24.6 Å². The number of aliphatic imine (C=N–C) groups is 1. The van der Waals surface area contributed by atoms with Crippen LogP contribution in [0.1, 0.15) is 12.8 Å². The summed E-state index contributed by atoms with van der Waals surface area (Å²) in [4.78, 5) is 3.84. The predicted molar refractivity (Wildman–Crippen MR) is 43.7 cm³/mol. The summed E-state index contributed by atoms with van der Waals surface area (Å²) in [7, 11) is 0. The first-order valence-corrected chi connectivity index (χ1v) is 3.37. The van der Waals surface area contributed by atoms with Gasteiger partial charge in [-0.25, -0.2) is 4.99 Å². The van der Waals surface area contributed by atoms with Gasteiger partial charge in [0.2, 0.25) is 0 Å². The van der Waals surface area contributed by atoms with Gasteiger partial charge >= 0.3 is 0 Å². The predicted octanol–water partition coefficient (Wildman–Crippen LogP) is 1.45. The fourth-order valence-corrected chi connectivity index (χ4v) is 0.725. The van der Waals surface area contributed by atoms with E-state index in [0.717, 1.165) is 5.57 Å². The lowest BCUT2D eigenvalue weighted by Crippen LogP contribution is -1.92. The lowest BCUT2D eigenvalue weighted by atomic mass is 10.2. The second kappa shape index (κ2) is 2.69. The van der Waals surface area contributed by atoms with Gasteiger partial charge in [0.15, 0.2) is 0 Å². The molecule has 0 aromatic rings. The normalized spacial score (nSPS) is 17.6. The molecule has 0 radical (unpaired) electrons. The molecular formula is C8H12N2. The zero-order valence-corrected chi connectivity index (χ0v) is 6.01. The van der Waals surface area contributed by atoms with E-state index >= 15 is 0 Å². The van der Waals surface area contributed by atoms with Crippen molar-refractivity contribution in [2.75, 3.05) is 0 Å². The first-order chi connectivity index (χ1) is 4.70. The molecule has 0 amide bonds. The Kier molecular flexibility index (Phi) is 1.90. The SMILES string of the molecule is C=C(N)N=CC(=C)C1CC1. The highest BCUT2D eigenvalue weighted by Crippen LogP contribution is 2.34. The molecule has 0 atom stereocenters. The van der Waals surface area contributed by atoms with Crippen LogP contribution in [0, 0.1) is 5.92 Å². The van der Waals surface area contributed by atoms with Crippen molar-refractivity contribution in [3.63, 3.8) is 0 Å². The average molecular weight is 136 g/mol. The van der Waals surface area contributed by atoms with Crippen LogP contribution in [0.5, 0.6) is 0 Å². The summed E-state index contributed by atoms with van der Waals surface area (Å²) in [5.74, 6) is 1.02. The monoisotopic (exact) mass is 136 g/mol. The van der Waals surface area contributed by atoms with Crippen LogP contribution in [0.2, 0.25) is 0 Å². The summed E-state index contributed by atoms with van der Waals surface area (Å²) >= 11 is 0. The Hall–Kier alpha value is -1.05. The molecule has 1 fully saturated rings. The molecule has 10 heavy (non-hydrogen) atoms. The average Bonchev–Trinajstić information content (AvgIpc) is 2.63. The molecule has 2 heteroatoms. The number of nitrogens with two attached hydrogens (primary N) is 1. The Balaban J connectivity index is 2.36. The summed E-state index contributed by atoms with van der Waals surface area (Å²) in [5.41, 5.74) is 6.30. The molecule has 2 N–H and O–H groups in total. The van der Waals surface area contributed by atoms with Gasteiger partial charge in [-0.3, -0.25) is 0 Å². The zero-order chi connectivity index (χ0) is 7.56. The van der Waals surface area contributed by atoms with Crippen LogP contribution in [-0.4, -0.2) is 6.21 Å². The summed E-state index contributed by atoms with van der Waals surface area (Å²) in [5, 5.41) is 0. The fraction of sp³-hybridized carbons (Fsp3) is 0.375. The second-order valence-corrected chi connectivity index (χ2v) is 2.60. The van der Waals surface area contributed by atoms with Crippen molar-refractivity contribution >= 4 is 6.21 Å². The highest BCUT2D eigenvalue weighted by Gasteiger charge is 2.22. The molecule has 1 aliphatic rings. The number of hydrogen-bond acceptors (Lipinski definition) is 2. The molecule has 2 nitrogen and oxygen atoms in total. The van der Waals surface area contributed by atoms with Crippen molar-refractivity contribution in [1.82, 2.24) is 0 Å². The molecular weight excluding hydrogens is 124 g/mol. The van der Waals surface area contributed by atoms with Gasteiger partial charge in [0.05, 0.1) is 0 Å². The molecule has 0 bridgehead atoms. The summed E-state index contributed by atoms with van der Waals surface area (Å²) in [6.07, 6.45) is 4.21. The molecule has 0 spiro atoms. The van der Waals surface area contributed by atoms with Crippen molar-refractivity contribution < 1.29 is 0 Å². The highest BCUT2D eigenvalue weighted by atomic mass is 14.9. The zero-order valence-electron chi connectivity index (χ0n) is 6.01. The second-order valence-electron chi connectivity index (χ2n) is 2.60. The van der Waals surface area contributed by atoms with Crippen LogP contribution < -0.4 is 5.73 Å². The molecule has 0 aromatic carbocycles. The van der Waals surface area contributed by atoms with E-state index in [-0.39, 0.29) is 0 Å². The van der Waals surface area contributed by atoms with E-state index in [1.54, 1.807) is 6.21 Å². The van der Waals surface area contributed by atoms with Gasteiger partial charge in [0, 0.05) is 6.21 Å². The van der Waals surface area contributed by atoms with Crippen LogP contribution in [0.15, 0.2) is 29.5 Å². The lowest BCUT2D eigenvalue weighted by molar-refractivity contribution is 1.08. The third-order valence-corrected chi connectivity index (χ3v) is 1.50. The minimum Gasteiger partial charge on any atom is -0.384 e. The van der Waals surface area contributed by atoms with Gasteiger partial charge in [0.25, 0.3) is 0 Å². The quantitative estimate of drug-likeness (QED) is 0.586. The molecule has 1 rings (SSSR count). The summed E-state index contributed by atoms with van der Waals surface area (Å²) in [6, 6.07) is 0. The molecule has 0 aliphatic heterocycles. The molecule has 1 aliphatic carbocycles. The summed E-state index contributed by atoms with van der Waals surface area (Å²) in [6.45, 7) is 7.29. The minimum absolute atomic E-state index is 0.349. The Morgan fingerprint density at radius 1 is 1.50 bits per heavy atom. The molecule has 54 valence electrons. The molecule has 0 heterocycles. The van der Waals surface area contributed by atoms with Crippen LogP contribution >= 0.6 is 0 Å². The van der Waals surface area contributed by atoms with E-state index in [1.165, 1.54) is 12.8 Å². The third-order valence-electron chi connectivity index (χ3n) is 1.50.